The van der Waals surface area contributed by atoms with Crippen molar-refractivity contribution < 1.29 is 14.7 Å². The number of carbonyl (C=O) groups is 2. The van der Waals surface area contributed by atoms with Gasteiger partial charge in [0.1, 0.15) is 0 Å². The molecule has 0 radical (unpaired) electrons. The van der Waals surface area contributed by atoms with E-state index in [9.17, 15) is 9.59 Å². The van der Waals surface area contributed by atoms with Gasteiger partial charge in [-0.15, -0.1) is 0 Å². The van der Waals surface area contributed by atoms with Crippen LogP contribution >= 0.6 is 0 Å². The first-order valence-corrected chi connectivity index (χ1v) is 4.32. The van der Waals surface area contributed by atoms with Crippen molar-refractivity contribution in [2.45, 2.75) is 6.92 Å². The summed E-state index contributed by atoms with van der Waals surface area (Å²) in [5.41, 5.74) is 1.19. The quantitative estimate of drug-likeness (QED) is 0.739. The SMILES string of the molecule is C=CC(=O)Nc1cccc(C(=O)O)c1C. The first-order chi connectivity index (χ1) is 7.06. The van der Waals surface area contributed by atoms with Crippen LogP contribution in [0, 0.1) is 6.92 Å². The van der Waals surface area contributed by atoms with E-state index in [2.05, 4.69) is 11.9 Å². The van der Waals surface area contributed by atoms with E-state index in [-0.39, 0.29) is 11.5 Å². The summed E-state index contributed by atoms with van der Waals surface area (Å²) in [6, 6.07) is 4.71. The summed E-state index contributed by atoms with van der Waals surface area (Å²) in [5, 5.41) is 11.4. The Bertz CT molecular complexity index is 424. The van der Waals surface area contributed by atoms with E-state index >= 15 is 0 Å². The topological polar surface area (TPSA) is 66.4 Å². The van der Waals surface area contributed by atoms with Gasteiger partial charge in [-0.25, -0.2) is 4.79 Å². The molecule has 2 N–H and O–H groups in total. The Morgan fingerprint density at radius 1 is 1.47 bits per heavy atom. The van der Waals surface area contributed by atoms with Crippen LogP contribution in [-0.4, -0.2) is 17.0 Å². The molecule has 0 bridgehead atoms. The minimum Gasteiger partial charge on any atom is -0.478 e. The lowest BCUT2D eigenvalue weighted by Crippen LogP contribution is -2.10. The van der Waals surface area contributed by atoms with Crippen LogP contribution in [0.4, 0.5) is 5.69 Å². The summed E-state index contributed by atoms with van der Waals surface area (Å²) >= 11 is 0. The standard InChI is InChI=1S/C11H11NO3/c1-3-10(13)12-9-6-4-5-8(7(9)2)11(14)15/h3-6H,1H2,2H3,(H,12,13)(H,14,15). The first-order valence-electron chi connectivity index (χ1n) is 4.32. The summed E-state index contributed by atoms with van der Waals surface area (Å²) < 4.78 is 0. The Morgan fingerprint density at radius 2 is 2.13 bits per heavy atom. The van der Waals surface area contributed by atoms with Crippen molar-refractivity contribution in [3.05, 3.63) is 42.0 Å². The third-order valence-electron chi connectivity index (χ3n) is 2.01. The molecule has 1 rings (SSSR count). The number of nitrogens with one attached hydrogen (secondary N) is 1. The third kappa shape index (κ3) is 2.43. The molecular weight excluding hydrogens is 194 g/mol. The lowest BCUT2D eigenvalue weighted by atomic mass is 10.1. The van der Waals surface area contributed by atoms with Crippen molar-refractivity contribution in [3.63, 3.8) is 0 Å². The Kier molecular flexibility index (Phi) is 3.23. The molecule has 1 aromatic carbocycles. The molecule has 78 valence electrons. The van der Waals surface area contributed by atoms with Crippen molar-refractivity contribution >= 4 is 17.6 Å². The lowest BCUT2D eigenvalue weighted by Gasteiger charge is -2.08. The molecule has 0 aliphatic rings. The van der Waals surface area contributed by atoms with Gasteiger partial charge < -0.3 is 10.4 Å². The normalized spacial score (nSPS) is 9.40. The molecule has 0 aliphatic carbocycles. The minimum absolute atomic E-state index is 0.178. The maximum absolute atomic E-state index is 11.0. The fraction of sp³-hybridized carbons (Fsp3) is 0.0909. The van der Waals surface area contributed by atoms with Gasteiger partial charge >= 0.3 is 5.97 Å². The molecule has 1 aromatic rings. The van der Waals surface area contributed by atoms with Crippen molar-refractivity contribution in [1.82, 2.24) is 0 Å². The van der Waals surface area contributed by atoms with Gasteiger partial charge in [-0.1, -0.05) is 12.6 Å². The van der Waals surface area contributed by atoms with Crippen LogP contribution < -0.4 is 5.32 Å². The molecule has 0 aromatic heterocycles. The summed E-state index contributed by atoms with van der Waals surface area (Å²) in [7, 11) is 0. The van der Waals surface area contributed by atoms with Gasteiger partial charge in [-0.05, 0) is 30.7 Å². The minimum atomic E-state index is -1.01. The van der Waals surface area contributed by atoms with Gasteiger partial charge in [-0.3, -0.25) is 4.79 Å². The highest BCUT2D eigenvalue weighted by atomic mass is 16.4. The van der Waals surface area contributed by atoms with Crippen molar-refractivity contribution in [1.29, 1.82) is 0 Å². The molecule has 0 aliphatic heterocycles. The number of hydrogen-bond donors (Lipinski definition) is 2. The third-order valence-corrected chi connectivity index (χ3v) is 2.01. The number of benzene rings is 1. The molecule has 0 heterocycles. The van der Waals surface area contributed by atoms with Gasteiger partial charge in [0.2, 0.25) is 5.91 Å². The fourth-order valence-corrected chi connectivity index (χ4v) is 1.19. The highest BCUT2D eigenvalue weighted by Gasteiger charge is 2.10. The van der Waals surface area contributed by atoms with E-state index in [1.54, 1.807) is 19.1 Å². The molecule has 4 nitrogen and oxygen atoms in total. The number of carboxylic acid groups (broad SMARTS) is 1. The van der Waals surface area contributed by atoms with Gasteiger partial charge in [0, 0.05) is 5.69 Å². The monoisotopic (exact) mass is 205 g/mol. The Hall–Kier alpha value is -2.10. The summed E-state index contributed by atoms with van der Waals surface area (Å²) in [5.74, 6) is -1.37. The Morgan fingerprint density at radius 3 is 2.67 bits per heavy atom. The number of carboxylic acids is 1. The molecule has 0 fully saturated rings. The second kappa shape index (κ2) is 4.41. The number of rotatable bonds is 3. The maximum Gasteiger partial charge on any atom is 0.336 e. The van der Waals surface area contributed by atoms with E-state index in [1.807, 2.05) is 0 Å². The van der Waals surface area contributed by atoms with E-state index in [0.717, 1.165) is 6.08 Å². The zero-order chi connectivity index (χ0) is 11.4. The zero-order valence-corrected chi connectivity index (χ0v) is 8.28. The molecule has 0 unspecified atom stereocenters. The second-order valence-electron chi connectivity index (χ2n) is 2.98. The molecular formula is C11H11NO3. The van der Waals surface area contributed by atoms with Crippen LogP contribution in [-0.2, 0) is 4.79 Å². The number of carbonyl (C=O) groups excluding carboxylic acids is 1. The second-order valence-corrected chi connectivity index (χ2v) is 2.98. The van der Waals surface area contributed by atoms with Crippen LogP contribution in [0.15, 0.2) is 30.9 Å². The molecule has 15 heavy (non-hydrogen) atoms. The van der Waals surface area contributed by atoms with Gasteiger partial charge in [-0.2, -0.15) is 0 Å². The fourth-order valence-electron chi connectivity index (χ4n) is 1.19. The average molecular weight is 205 g/mol. The molecule has 0 saturated carbocycles. The Balaban J connectivity index is 3.09. The summed E-state index contributed by atoms with van der Waals surface area (Å²) in [4.78, 5) is 21.8. The number of anilines is 1. The van der Waals surface area contributed by atoms with Crippen LogP contribution in [0.5, 0.6) is 0 Å². The molecule has 0 spiro atoms. The average Bonchev–Trinajstić information content (AvgIpc) is 2.20. The predicted molar refractivity (Wildman–Crippen MR) is 57.0 cm³/mol. The van der Waals surface area contributed by atoms with Crippen molar-refractivity contribution in [3.8, 4) is 0 Å². The van der Waals surface area contributed by atoms with E-state index in [4.69, 9.17) is 5.11 Å². The number of amides is 1. The number of aromatic carboxylic acids is 1. The first kappa shape index (κ1) is 11.0. The van der Waals surface area contributed by atoms with E-state index in [0.29, 0.717) is 11.3 Å². The largest absolute Gasteiger partial charge is 0.478 e. The summed E-state index contributed by atoms with van der Waals surface area (Å²) in [6.45, 7) is 4.96. The highest BCUT2D eigenvalue weighted by molar-refractivity contribution is 6.01. The van der Waals surface area contributed by atoms with Crippen LogP contribution in [0.2, 0.25) is 0 Å². The molecule has 0 atom stereocenters. The molecule has 1 amide bonds. The van der Waals surface area contributed by atoms with Gasteiger partial charge in [0.05, 0.1) is 5.56 Å². The summed E-state index contributed by atoms with van der Waals surface area (Å²) in [6.07, 6.45) is 1.13. The maximum atomic E-state index is 11.0. The Labute approximate surface area is 87.2 Å². The van der Waals surface area contributed by atoms with Gasteiger partial charge in [0.25, 0.3) is 0 Å². The molecule has 0 saturated heterocycles. The zero-order valence-electron chi connectivity index (χ0n) is 8.28. The molecule has 4 heteroatoms. The van der Waals surface area contributed by atoms with Crippen molar-refractivity contribution in [2.24, 2.45) is 0 Å². The highest BCUT2D eigenvalue weighted by Crippen LogP contribution is 2.18. The lowest BCUT2D eigenvalue weighted by molar-refractivity contribution is -0.111. The number of hydrogen-bond acceptors (Lipinski definition) is 2. The van der Waals surface area contributed by atoms with E-state index in [1.165, 1.54) is 6.07 Å². The van der Waals surface area contributed by atoms with E-state index < -0.39 is 5.97 Å². The van der Waals surface area contributed by atoms with Gasteiger partial charge in [0.15, 0.2) is 0 Å². The smallest absolute Gasteiger partial charge is 0.336 e. The van der Waals surface area contributed by atoms with Crippen molar-refractivity contribution in [2.75, 3.05) is 5.32 Å². The van der Waals surface area contributed by atoms with Crippen LogP contribution in [0.3, 0.4) is 0 Å². The van der Waals surface area contributed by atoms with Crippen LogP contribution in [0.1, 0.15) is 15.9 Å². The predicted octanol–water partition coefficient (Wildman–Crippen LogP) is 1.82. The van der Waals surface area contributed by atoms with Crippen LogP contribution in [0.25, 0.3) is 0 Å².